The number of nitrogens with zero attached hydrogens (tertiary/aromatic N) is 1. The molecule has 0 aromatic heterocycles. The Balaban J connectivity index is 1.46. The predicted molar refractivity (Wildman–Crippen MR) is 121 cm³/mol. The molecular formula is C24H22N2O4S. The molecule has 0 fully saturated rings. The molecule has 0 spiro atoms. The maximum Gasteiger partial charge on any atom is 0.343 e. The topological polar surface area (TPSA) is 77.0 Å². The van der Waals surface area contributed by atoms with Crippen LogP contribution in [0, 0.1) is 0 Å². The number of hydrogen-bond donors (Lipinski definition) is 1. The van der Waals surface area contributed by atoms with Gasteiger partial charge in [-0.25, -0.2) is 10.2 Å². The molecule has 0 unspecified atom stereocenters. The van der Waals surface area contributed by atoms with Gasteiger partial charge in [-0.1, -0.05) is 30.3 Å². The number of carbonyl (C=O) groups is 2. The normalized spacial score (nSPS) is 10.6. The number of esters is 1. The van der Waals surface area contributed by atoms with Crippen molar-refractivity contribution in [2.24, 2.45) is 5.10 Å². The SMILES string of the molecule is COC(=O)COc1ccc(/C=N/NC(=O)c2ccc(CSc3ccccc3)cc2)cc1. The van der Waals surface area contributed by atoms with Crippen molar-refractivity contribution >= 4 is 29.9 Å². The van der Waals surface area contributed by atoms with Crippen LogP contribution in [0.25, 0.3) is 0 Å². The molecule has 0 radical (unpaired) electrons. The Labute approximate surface area is 185 Å². The quantitative estimate of drug-likeness (QED) is 0.235. The van der Waals surface area contributed by atoms with Gasteiger partial charge in [0.2, 0.25) is 0 Å². The van der Waals surface area contributed by atoms with Crippen LogP contribution in [-0.2, 0) is 15.3 Å². The predicted octanol–water partition coefficient (Wildman–Crippen LogP) is 4.29. The summed E-state index contributed by atoms with van der Waals surface area (Å²) in [4.78, 5) is 24.5. The van der Waals surface area contributed by atoms with Gasteiger partial charge in [-0.05, 0) is 59.7 Å². The summed E-state index contributed by atoms with van der Waals surface area (Å²) >= 11 is 1.75. The van der Waals surface area contributed by atoms with Crippen LogP contribution in [0.1, 0.15) is 21.5 Å². The van der Waals surface area contributed by atoms with Crippen molar-refractivity contribution in [3.63, 3.8) is 0 Å². The monoisotopic (exact) mass is 434 g/mol. The number of amides is 1. The molecule has 0 aliphatic rings. The van der Waals surface area contributed by atoms with Gasteiger partial charge >= 0.3 is 5.97 Å². The minimum absolute atomic E-state index is 0.149. The molecule has 0 heterocycles. The van der Waals surface area contributed by atoms with Crippen molar-refractivity contribution in [3.05, 3.63) is 95.6 Å². The first-order valence-corrected chi connectivity index (χ1v) is 10.5. The highest BCUT2D eigenvalue weighted by Gasteiger charge is 2.05. The molecule has 0 bridgehead atoms. The third-order valence-electron chi connectivity index (χ3n) is 4.21. The smallest absolute Gasteiger partial charge is 0.343 e. The van der Waals surface area contributed by atoms with Crippen molar-refractivity contribution in [3.8, 4) is 5.75 Å². The van der Waals surface area contributed by atoms with E-state index >= 15 is 0 Å². The third-order valence-corrected chi connectivity index (χ3v) is 5.29. The molecular weight excluding hydrogens is 412 g/mol. The largest absolute Gasteiger partial charge is 0.482 e. The molecule has 3 rings (SSSR count). The van der Waals surface area contributed by atoms with Gasteiger partial charge in [0, 0.05) is 16.2 Å². The van der Waals surface area contributed by atoms with Crippen LogP contribution >= 0.6 is 11.8 Å². The summed E-state index contributed by atoms with van der Waals surface area (Å²) in [6, 6.07) is 24.6. The fourth-order valence-corrected chi connectivity index (χ4v) is 3.39. The van der Waals surface area contributed by atoms with E-state index in [4.69, 9.17) is 4.74 Å². The van der Waals surface area contributed by atoms with E-state index in [1.165, 1.54) is 18.2 Å². The lowest BCUT2D eigenvalue weighted by Crippen LogP contribution is -2.17. The molecule has 0 aliphatic heterocycles. The molecule has 3 aromatic rings. The molecule has 1 amide bonds. The minimum atomic E-state index is -0.448. The van der Waals surface area contributed by atoms with E-state index in [2.05, 4.69) is 27.4 Å². The van der Waals surface area contributed by atoms with Gasteiger partial charge in [0.1, 0.15) is 5.75 Å². The first-order chi connectivity index (χ1) is 15.1. The van der Waals surface area contributed by atoms with Gasteiger partial charge in [0.15, 0.2) is 6.61 Å². The Hall–Kier alpha value is -3.58. The number of rotatable bonds is 9. The second-order valence-electron chi connectivity index (χ2n) is 6.43. The summed E-state index contributed by atoms with van der Waals surface area (Å²) in [5.41, 5.74) is 4.98. The molecule has 0 aliphatic carbocycles. The Morgan fingerprint density at radius 2 is 1.68 bits per heavy atom. The fourth-order valence-electron chi connectivity index (χ4n) is 2.52. The Morgan fingerprint density at radius 3 is 2.35 bits per heavy atom. The molecule has 0 saturated carbocycles. The zero-order valence-electron chi connectivity index (χ0n) is 17.0. The Morgan fingerprint density at radius 1 is 0.968 bits per heavy atom. The Bertz CT molecular complexity index is 1020. The van der Waals surface area contributed by atoms with E-state index in [1.54, 1.807) is 48.2 Å². The van der Waals surface area contributed by atoms with Gasteiger partial charge in [0.05, 0.1) is 13.3 Å². The van der Waals surface area contributed by atoms with Gasteiger partial charge in [0.25, 0.3) is 5.91 Å². The number of nitrogens with one attached hydrogen (secondary N) is 1. The van der Waals surface area contributed by atoms with Gasteiger partial charge in [-0.15, -0.1) is 11.8 Å². The van der Waals surface area contributed by atoms with Crippen LogP contribution in [0.15, 0.2) is 88.9 Å². The highest BCUT2D eigenvalue weighted by Crippen LogP contribution is 2.22. The van der Waals surface area contributed by atoms with Crippen molar-refractivity contribution in [1.29, 1.82) is 0 Å². The number of benzene rings is 3. The summed E-state index contributed by atoms with van der Waals surface area (Å²) in [7, 11) is 1.30. The highest BCUT2D eigenvalue weighted by atomic mass is 32.2. The number of carbonyl (C=O) groups excluding carboxylic acids is 2. The second kappa shape index (κ2) is 11.6. The summed E-state index contributed by atoms with van der Waals surface area (Å²) in [6.45, 7) is -0.149. The van der Waals surface area contributed by atoms with Gasteiger partial charge in [-0.3, -0.25) is 4.79 Å². The van der Waals surface area contributed by atoms with Crippen LogP contribution in [0.2, 0.25) is 0 Å². The molecule has 3 aromatic carbocycles. The van der Waals surface area contributed by atoms with Crippen LogP contribution in [0.4, 0.5) is 0 Å². The van der Waals surface area contributed by atoms with Crippen LogP contribution < -0.4 is 10.2 Å². The number of methoxy groups -OCH3 is 1. The summed E-state index contributed by atoms with van der Waals surface area (Å²) < 4.78 is 9.79. The fraction of sp³-hybridized carbons (Fsp3) is 0.125. The van der Waals surface area contributed by atoms with Crippen LogP contribution in [-0.4, -0.2) is 31.8 Å². The first kappa shape index (κ1) is 22.1. The van der Waals surface area contributed by atoms with E-state index in [0.29, 0.717) is 11.3 Å². The lowest BCUT2D eigenvalue weighted by atomic mass is 10.1. The molecule has 0 atom stereocenters. The summed E-state index contributed by atoms with van der Waals surface area (Å²) in [5, 5.41) is 3.99. The Kier molecular flexibility index (Phi) is 8.25. The minimum Gasteiger partial charge on any atom is -0.482 e. The van der Waals surface area contributed by atoms with Crippen molar-refractivity contribution in [2.75, 3.05) is 13.7 Å². The highest BCUT2D eigenvalue weighted by molar-refractivity contribution is 7.98. The molecule has 7 heteroatoms. The lowest BCUT2D eigenvalue weighted by molar-refractivity contribution is -0.142. The van der Waals surface area contributed by atoms with Crippen molar-refractivity contribution in [2.45, 2.75) is 10.6 Å². The first-order valence-electron chi connectivity index (χ1n) is 9.54. The maximum atomic E-state index is 12.3. The van der Waals surface area contributed by atoms with E-state index in [9.17, 15) is 9.59 Å². The standard InChI is InChI=1S/C24H22N2O4S/c1-29-23(27)16-30-21-13-9-18(10-14-21)15-25-26-24(28)20-11-7-19(8-12-20)17-31-22-5-3-2-4-6-22/h2-15H,16-17H2,1H3,(H,26,28)/b25-15+. The average molecular weight is 435 g/mol. The van der Waals surface area contributed by atoms with Crippen LogP contribution in [0.5, 0.6) is 5.75 Å². The molecule has 158 valence electrons. The van der Waals surface area contributed by atoms with Gasteiger partial charge in [-0.2, -0.15) is 5.10 Å². The van der Waals surface area contributed by atoms with E-state index in [-0.39, 0.29) is 12.5 Å². The van der Waals surface area contributed by atoms with E-state index in [0.717, 1.165) is 16.9 Å². The van der Waals surface area contributed by atoms with E-state index in [1.807, 2.05) is 30.3 Å². The average Bonchev–Trinajstić information content (AvgIpc) is 2.83. The van der Waals surface area contributed by atoms with Gasteiger partial charge < -0.3 is 9.47 Å². The third kappa shape index (κ3) is 7.31. The zero-order valence-corrected chi connectivity index (χ0v) is 17.8. The molecule has 0 saturated heterocycles. The zero-order chi connectivity index (χ0) is 21.9. The van der Waals surface area contributed by atoms with Crippen LogP contribution in [0.3, 0.4) is 0 Å². The number of hydrogen-bond acceptors (Lipinski definition) is 6. The molecule has 31 heavy (non-hydrogen) atoms. The van der Waals surface area contributed by atoms with E-state index < -0.39 is 5.97 Å². The van der Waals surface area contributed by atoms with Crippen molar-refractivity contribution in [1.82, 2.24) is 5.43 Å². The number of thioether (sulfide) groups is 1. The summed E-state index contributed by atoms with van der Waals surface area (Å²) in [5.74, 6) is 0.647. The number of ether oxygens (including phenoxy) is 2. The number of hydrazone groups is 1. The van der Waals surface area contributed by atoms with Crippen molar-refractivity contribution < 1.29 is 19.1 Å². The lowest BCUT2D eigenvalue weighted by Gasteiger charge is -2.05. The maximum absolute atomic E-state index is 12.3. The molecule has 6 nitrogen and oxygen atoms in total. The summed E-state index contributed by atoms with van der Waals surface area (Å²) in [6.07, 6.45) is 1.53. The second-order valence-corrected chi connectivity index (χ2v) is 7.48. The molecule has 1 N–H and O–H groups in total.